The molecular formula is C16H26N2O3. The van der Waals surface area contributed by atoms with Crippen LogP contribution in [0, 0.1) is 0 Å². The highest BCUT2D eigenvalue weighted by Gasteiger charge is 2.22. The average molecular weight is 294 g/mol. The summed E-state index contributed by atoms with van der Waals surface area (Å²) in [5, 5.41) is 2.96. The van der Waals surface area contributed by atoms with Gasteiger partial charge in [0.05, 0.1) is 12.2 Å². The first-order valence-electron chi connectivity index (χ1n) is 7.05. The predicted molar refractivity (Wildman–Crippen MR) is 83.9 cm³/mol. The maximum Gasteiger partial charge on any atom is 0.255 e. The van der Waals surface area contributed by atoms with Gasteiger partial charge in [0.2, 0.25) is 0 Å². The Morgan fingerprint density at radius 3 is 2.52 bits per heavy atom. The average Bonchev–Trinajstić information content (AvgIpc) is 2.45. The number of rotatable bonds is 8. The van der Waals surface area contributed by atoms with Gasteiger partial charge in [0.15, 0.2) is 0 Å². The van der Waals surface area contributed by atoms with E-state index >= 15 is 0 Å². The van der Waals surface area contributed by atoms with Crippen LogP contribution in [0.2, 0.25) is 0 Å². The van der Waals surface area contributed by atoms with Crippen LogP contribution >= 0.6 is 0 Å². The standard InChI is InChI=1S/C16H26N2O3/c1-16(2,18(3)4)12-17-15(19)13-8-6-7-9-14(13)21-11-10-20-5/h6-9H,10-12H2,1-5H3,(H,17,19). The molecular weight excluding hydrogens is 268 g/mol. The predicted octanol–water partition coefficient (Wildman–Crippen LogP) is 1.78. The van der Waals surface area contributed by atoms with E-state index in [2.05, 4.69) is 24.1 Å². The van der Waals surface area contributed by atoms with Crippen LogP contribution in [-0.4, -0.2) is 57.3 Å². The van der Waals surface area contributed by atoms with Crippen molar-refractivity contribution in [2.75, 3.05) is 41.0 Å². The zero-order valence-electron chi connectivity index (χ0n) is 13.6. The molecule has 0 radical (unpaired) electrons. The Kier molecular flexibility index (Phi) is 6.65. The lowest BCUT2D eigenvalue weighted by Gasteiger charge is -2.32. The smallest absolute Gasteiger partial charge is 0.255 e. The molecule has 21 heavy (non-hydrogen) atoms. The van der Waals surface area contributed by atoms with E-state index in [0.29, 0.717) is 31.1 Å². The van der Waals surface area contributed by atoms with Gasteiger partial charge < -0.3 is 19.7 Å². The first-order valence-corrected chi connectivity index (χ1v) is 7.05. The van der Waals surface area contributed by atoms with Crippen molar-refractivity contribution in [3.05, 3.63) is 29.8 Å². The number of likely N-dealkylation sites (N-methyl/N-ethyl adjacent to an activating group) is 1. The molecule has 1 aromatic rings. The number of ether oxygens (including phenoxy) is 2. The fourth-order valence-corrected chi connectivity index (χ4v) is 1.56. The summed E-state index contributed by atoms with van der Waals surface area (Å²) in [6.07, 6.45) is 0. The normalized spacial score (nSPS) is 11.5. The summed E-state index contributed by atoms with van der Waals surface area (Å²) in [6.45, 7) is 5.63. The highest BCUT2D eigenvalue weighted by molar-refractivity contribution is 5.96. The third kappa shape index (κ3) is 5.36. The van der Waals surface area contributed by atoms with Crippen LogP contribution in [0.25, 0.3) is 0 Å². The molecule has 0 heterocycles. The molecule has 0 atom stereocenters. The van der Waals surface area contributed by atoms with Gasteiger partial charge in [-0.2, -0.15) is 0 Å². The van der Waals surface area contributed by atoms with Crippen LogP contribution in [0.15, 0.2) is 24.3 Å². The SMILES string of the molecule is COCCOc1ccccc1C(=O)NCC(C)(C)N(C)C. The van der Waals surface area contributed by atoms with E-state index in [1.807, 2.05) is 26.2 Å². The number of hydrogen-bond donors (Lipinski definition) is 1. The Bertz CT molecular complexity index is 459. The lowest BCUT2D eigenvalue weighted by atomic mass is 10.0. The lowest BCUT2D eigenvalue weighted by molar-refractivity contribution is 0.0912. The largest absolute Gasteiger partial charge is 0.490 e. The molecule has 0 spiro atoms. The topological polar surface area (TPSA) is 50.8 Å². The summed E-state index contributed by atoms with van der Waals surface area (Å²) in [4.78, 5) is 14.4. The second-order valence-corrected chi connectivity index (χ2v) is 5.73. The van der Waals surface area contributed by atoms with Crippen molar-refractivity contribution in [3.8, 4) is 5.75 Å². The maximum atomic E-state index is 12.3. The van der Waals surface area contributed by atoms with Crippen molar-refractivity contribution in [3.63, 3.8) is 0 Å². The van der Waals surface area contributed by atoms with Crippen LogP contribution < -0.4 is 10.1 Å². The van der Waals surface area contributed by atoms with E-state index in [1.165, 1.54) is 0 Å². The Labute approximate surface area is 127 Å². The van der Waals surface area contributed by atoms with Gasteiger partial charge in [-0.25, -0.2) is 0 Å². The van der Waals surface area contributed by atoms with Gasteiger partial charge >= 0.3 is 0 Å². The number of carbonyl (C=O) groups excluding carboxylic acids is 1. The summed E-state index contributed by atoms with van der Waals surface area (Å²) >= 11 is 0. The monoisotopic (exact) mass is 294 g/mol. The zero-order valence-corrected chi connectivity index (χ0v) is 13.6. The van der Waals surface area contributed by atoms with Crippen molar-refractivity contribution in [2.45, 2.75) is 19.4 Å². The van der Waals surface area contributed by atoms with Gasteiger partial charge in [-0.1, -0.05) is 12.1 Å². The first-order chi connectivity index (χ1) is 9.88. The van der Waals surface area contributed by atoms with Crippen molar-refractivity contribution >= 4 is 5.91 Å². The fraction of sp³-hybridized carbons (Fsp3) is 0.562. The van der Waals surface area contributed by atoms with Gasteiger partial charge in [0.25, 0.3) is 5.91 Å². The Balaban J connectivity index is 2.69. The zero-order chi connectivity index (χ0) is 15.9. The molecule has 0 aromatic heterocycles. The van der Waals surface area contributed by atoms with Crippen molar-refractivity contribution in [2.24, 2.45) is 0 Å². The second-order valence-electron chi connectivity index (χ2n) is 5.73. The van der Waals surface area contributed by atoms with Gasteiger partial charge in [-0.05, 0) is 40.1 Å². The second kappa shape index (κ2) is 8.00. The molecule has 0 saturated carbocycles. The molecule has 0 aliphatic carbocycles. The van der Waals surface area contributed by atoms with Crippen LogP contribution in [0.1, 0.15) is 24.2 Å². The number of amides is 1. The number of nitrogens with one attached hydrogen (secondary N) is 1. The number of hydrogen-bond acceptors (Lipinski definition) is 4. The molecule has 0 saturated heterocycles. The van der Waals surface area contributed by atoms with Gasteiger partial charge in [-0.3, -0.25) is 4.79 Å². The van der Waals surface area contributed by atoms with Gasteiger partial charge in [0.1, 0.15) is 12.4 Å². The van der Waals surface area contributed by atoms with Gasteiger partial charge in [0, 0.05) is 19.2 Å². The third-order valence-electron chi connectivity index (χ3n) is 3.57. The van der Waals surface area contributed by atoms with E-state index in [1.54, 1.807) is 19.2 Å². The molecule has 1 aromatic carbocycles. The Morgan fingerprint density at radius 1 is 1.24 bits per heavy atom. The number of nitrogens with zero attached hydrogens (tertiary/aromatic N) is 1. The van der Waals surface area contributed by atoms with E-state index in [9.17, 15) is 4.79 Å². The highest BCUT2D eigenvalue weighted by Crippen LogP contribution is 2.18. The van der Waals surface area contributed by atoms with E-state index in [-0.39, 0.29) is 11.4 Å². The molecule has 0 fully saturated rings. The van der Waals surface area contributed by atoms with E-state index in [4.69, 9.17) is 9.47 Å². The first kappa shape index (κ1) is 17.5. The molecule has 0 bridgehead atoms. The summed E-state index contributed by atoms with van der Waals surface area (Å²) in [5.41, 5.74) is 0.435. The minimum atomic E-state index is -0.127. The van der Waals surface area contributed by atoms with Crippen LogP contribution in [-0.2, 0) is 4.74 Å². The molecule has 5 nitrogen and oxygen atoms in total. The minimum Gasteiger partial charge on any atom is -0.490 e. The number of para-hydroxylation sites is 1. The fourth-order valence-electron chi connectivity index (χ4n) is 1.56. The maximum absolute atomic E-state index is 12.3. The highest BCUT2D eigenvalue weighted by atomic mass is 16.5. The van der Waals surface area contributed by atoms with Gasteiger partial charge in [-0.15, -0.1) is 0 Å². The summed E-state index contributed by atoms with van der Waals surface area (Å²) in [5.74, 6) is 0.452. The molecule has 0 aliphatic heterocycles. The molecule has 0 unspecified atom stereocenters. The Morgan fingerprint density at radius 2 is 1.90 bits per heavy atom. The Hall–Kier alpha value is -1.59. The summed E-state index contributed by atoms with van der Waals surface area (Å²) in [7, 11) is 5.60. The number of methoxy groups -OCH3 is 1. The quantitative estimate of drug-likeness (QED) is 0.743. The lowest BCUT2D eigenvalue weighted by Crippen LogP contribution is -2.48. The molecule has 1 amide bonds. The molecule has 118 valence electrons. The van der Waals surface area contributed by atoms with E-state index < -0.39 is 0 Å². The van der Waals surface area contributed by atoms with E-state index in [0.717, 1.165) is 0 Å². The molecule has 0 aliphatic rings. The number of carbonyl (C=O) groups is 1. The van der Waals surface area contributed by atoms with Crippen LogP contribution in [0.5, 0.6) is 5.75 Å². The molecule has 1 N–H and O–H groups in total. The van der Waals surface area contributed by atoms with Crippen LogP contribution in [0.4, 0.5) is 0 Å². The van der Waals surface area contributed by atoms with Crippen molar-refractivity contribution < 1.29 is 14.3 Å². The molecule has 5 heteroatoms. The summed E-state index contributed by atoms with van der Waals surface area (Å²) in [6, 6.07) is 7.24. The molecule has 1 rings (SSSR count). The third-order valence-corrected chi connectivity index (χ3v) is 3.57. The number of benzene rings is 1. The van der Waals surface area contributed by atoms with Crippen molar-refractivity contribution in [1.82, 2.24) is 10.2 Å². The van der Waals surface area contributed by atoms with Crippen LogP contribution in [0.3, 0.4) is 0 Å². The summed E-state index contributed by atoms with van der Waals surface area (Å²) < 4.78 is 10.5. The minimum absolute atomic E-state index is 0.110. The van der Waals surface area contributed by atoms with Crippen molar-refractivity contribution in [1.29, 1.82) is 0 Å².